The van der Waals surface area contributed by atoms with Gasteiger partial charge in [0.1, 0.15) is 5.82 Å². The lowest BCUT2D eigenvalue weighted by Gasteiger charge is -2.32. The summed E-state index contributed by atoms with van der Waals surface area (Å²) in [6, 6.07) is 13.2. The molecule has 3 aromatic rings. The Morgan fingerprint density at radius 2 is 2.04 bits per heavy atom. The average Bonchev–Trinajstić information content (AvgIpc) is 2.75. The van der Waals surface area contributed by atoms with Crippen LogP contribution >= 0.6 is 0 Å². The Morgan fingerprint density at radius 1 is 1.07 bits per heavy atom. The molecule has 4 rings (SSSR count). The Balaban J connectivity index is 1.43. The number of nitrogens with zero attached hydrogens (tertiary/aromatic N) is 5. The SMILES string of the molecule is O=C(Nc1ccccn1)C1CCCN(c2ccc(-c3cccnc3)nn2)C1. The van der Waals surface area contributed by atoms with Gasteiger partial charge in [0.15, 0.2) is 5.82 Å². The number of amides is 1. The summed E-state index contributed by atoms with van der Waals surface area (Å²) in [5.74, 6) is 1.28. The maximum atomic E-state index is 12.6. The van der Waals surface area contributed by atoms with Crippen LogP contribution in [0.15, 0.2) is 61.1 Å². The Morgan fingerprint density at radius 3 is 2.78 bits per heavy atom. The van der Waals surface area contributed by atoms with E-state index < -0.39 is 0 Å². The van der Waals surface area contributed by atoms with E-state index in [2.05, 4.69) is 30.4 Å². The Labute approximate surface area is 157 Å². The summed E-state index contributed by atoms with van der Waals surface area (Å²) in [4.78, 5) is 22.9. The van der Waals surface area contributed by atoms with Crippen LogP contribution in [-0.4, -0.2) is 39.2 Å². The second-order valence-electron chi connectivity index (χ2n) is 6.51. The molecule has 4 heterocycles. The molecule has 0 spiro atoms. The number of hydrogen-bond acceptors (Lipinski definition) is 6. The van der Waals surface area contributed by atoms with Crippen molar-refractivity contribution in [2.24, 2.45) is 5.92 Å². The minimum Gasteiger partial charge on any atom is -0.354 e. The summed E-state index contributed by atoms with van der Waals surface area (Å²) in [7, 11) is 0. The predicted octanol–water partition coefficient (Wildman–Crippen LogP) is 2.79. The number of anilines is 2. The highest BCUT2D eigenvalue weighted by atomic mass is 16.2. The van der Waals surface area contributed by atoms with Crippen LogP contribution in [-0.2, 0) is 4.79 Å². The molecule has 3 aromatic heterocycles. The van der Waals surface area contributed by atoms with Crippen LogP contribution in [0.1, 0.15) is 12.8 Å². The van der Waals surface area contributed by atoms with Gasteiger partial charge in [0.25, 0.3) is 0 Å². The first-order valence-corrected chi connectivity index (χ1v) is 9.00. The Bertz CT molecular complexity index is 885. The number of carbonyl (C=O) groups excluding carboxylic acids is 1. The topological polar surface area (TPSA) is 83.9 Å². The molecular weight excluding hydrogens is 340 g/mol. The zero-order valence-electron chi connectivity index (χ0n) is 14.8. The van der Waals surface area contributed by atoms with Gasteiger partial charge in [-0.05, 0) is 49.2 Å². The fraction of sp³-hybridized carbons (Fsp3) is 0.250. The van der Waals surface area contributed by atoms with E-state index in [1.54, 1.807) is 24.7 Å². The first kappa shape index (κ1) is 17.1. The third kappa shape index (κ3) is 4.08. The number of carbonyl (C=O) groups is 1. The van der Waals surface area contributed by atoms with Gasteiger partial charge in [-0.15, -0.1) is 10.2 Å². The van der Waals surface area contributed by atoms with Gasteiger partial charge in [-0.25, -0.2) is 4.98 Å². The molecular formula is C20H20N6O. The third-order valence-electron chi connectivity index (χ3n) is 4.64. The Hall–Kier alpha value is -3.35. The van der Waals surface area contributed by atoms with Crippen LogP contribution in [0.3, 0.4) is 0 Å². The van der Waals surface area contributed by atoms with Crippen molar-refractivity contribution in [3.05, 3.63) is 61.1 Å². The molecule has 1 aliphatic rings. The highest BCUT2D eigenvalue weighted by molar-refractivity contribution is 5.92. The van der Waals surface area contributed by atoms with Gasteiger partial charge >= 0.3 is 0 Å². The maximum absolute atomic E-state index is 12.6. The monoisotopic (exact) mass is 360 g/mol. The number of hydrogen-bond donors (Lipinski definition) is 1. The lowest BCUT2D eigenvalue weighted by molar-refractivity contribution is -0.120. The third-order valence-corrected chi connectivity index (χ3v) is 4.64. The predicted molar refractivity (Wildman–Crippen MR) is 103 cm³/mol. The van der Waals surface area contributed by atoms with Crippen LogP contribution in [0.2, 0.25) is 0 Å². The molecule has 1 saturated heterocycles. The lowest BCUT2D eigenvalue weighted by Crippen LogP contribution is -2.41. The minimum atomic E-state index is -0.0967. The quantitative estimate of drug-likeness (QED) is 0.770. The van der Waals surface area contributed by atoms with Gasteiger partial charge in [-0.2, -0.15) is 0 Å². The molecule has 7 heteroatoms. The zero-order valence-corrected chi connectivity index (χ0v) is 14.8. The largest absolute Gasteiger partial charge is 0.354 e. The summed E-state index contributed by atoms with van der Waals surface area (Å²) in [6.07, 6.45) is 6.96. The van der Waals surface area contributed by atoms with Crippen LogP contribution in [0.5, 0.6) is 0 Å². The fourth-order valence-corrected chi connectivity index (χ4v) is 3.23. The maximum Gasteiger partial charge on any atom is 0.230 e. The number of pyridine rings is 2. The van der Waals surface area contributed by atoms with Crippen molar-refractivity contribution in [2.45, 2.75) is 12.8 Å². The molecule has 0 aliphatic carbocycles. The summed E-state index contributed by atoms with van der Waals surface area (Å²) in [5.41, 5.74) is 1.72. The van der Waals surface area contributed by atoms with Gasteiger partial charge in [-0.3, -0.25) is 9.78 Å². The van der Waals surface area contributed by atoms with Crippen LogP contribution < -0.4 is 10.2 Å². The van der Waals surface area contributed by atoms with E-state index in [1.165, 1.54) is 0 Å². The van der Waals surface area contributed by atoms with Gasteiger partial charge in [0.2, 0.25) is 5.91 Å². The fourth-order valence-electron chi connectivity index (χ4n) is 3.23. The molecule has 7 nitrogen and oxygen atoms in total. The average molecular weight is 360 g/mol. The van der Waals surface area contributed by atoms with Crippen LogP contribution in [0.4, 0.5) is 11.6 Å². The van der Waals surface area contributed by atoms with E-state index in [4.69, 9.17) is 0 Å². The molecule has 1 unspecified atom stereocenters. The molecule has 1 N–H and O–H groups in total. The highest BCUT2D eigenvalue weighted by Gasteiger charge is 2.27. The summed E-state index contributed by atoms with van der Waals surface area (Å²) in [5, 5.41) is 11.6. The van der Waals surface area contributed by atoms with E-state index >= 15 is 0 Å². The number of aromatic nitrogens is 4. The van der Waals surface area contributed by atoms with Gasteiger partial charge in [-0.1, -0.05) is 6.07 Å². The number of rotatable bonds is 4. The van der Waals surface area contributed by atoms with Gasteiger partial charge < -0.3 is 10.2 Å². The van der Waals surface area contributed by atoms with E-state index in [0.717, 1.165) is 36.5 Å². The zero-order chi connectivity index (χ0) is 18.5. The minimum absolute atomic E-state index is 0.00154. The smallest absolute Gasteiger partial charge is 0.230 e. The van der Waals surface area contributed by atoms with Crippen molar-refractivity contribution in [3.63, 3.8) is 0 Å². The van der Waals surface area contributed by atoms with E-state index in [-0.39, 0.29) is 11.8 Å². The van der Waals surface area contributed by atoms with Crippen LogP contribution in [0.25, 0.3) is 11.3 Å². The van der Waals surface area contributed by atoms with Crippen molar-refractivity contribution in [3.8, 4) is 11.3 Å². The van der Waals surface area contributed by atoms with Crippen molar-refractivity contribution in [1.82, 2.24) is 20.2 Å². The molecule has 27 heavy (non-hydrogen) atoms. The molecule has 1 atom stereocenters. The molecule has 0 radical (unpaired) electrons. The van der Waals surface area contributed by atoms with Gasteiger partial charge in [0.05, 0.1) is 11.6 Å². The summed E-state index contributed by atoms with van der Waals surface area (Å²) < 4.78 is 0. The molecule has 0 aromatic carbocycles. The first-order valence-electron chi connectivity index (χ1n) is 9.00. The molecule has 0 saturated carbocycles. The molecule has 1 aliphatic heterocycles. The normalized spacial score (nSPS) is 16.7. The van der Waals surface area contributed by atoms with E-state index in [0.29, 0.717) is 12.4 Å². The van der Waals surface area contributed by atoms with Crippen LogP contribution in [0, 0.1) is 5.92 Å². The number of nitrogens with one attached hydrogen (secondary N) is 1. The van der Waals surface area contributed by atoms with E-state index in [1.807, 2.05) is 36.4 Å². The second kappa shape index (κ2) is 7.90. The molecule has 136 valence electrons. The van der Waals surface area contributed by atoms with Crippen molar-refractivity contribution in [2.75, 3.05) is 23.3 Å². The lowest BCUT2D eigenvalue weighted by atomic mass is 9.97. The van der Waals surface area contributed by atoms with Crippen molar-refractivity contribution < 1.29 is 4.79 Å². The molecule has 1 fully saturated rings. The number of piperidine rings is 1. The van der Waals surface area contributed by atoms with Crippen molar-refractivity contribution in [1.29, 1.82) is 0 Å². The second-order valence-corrected chi connectivity index (χ2v) is 6.51. The molecule has 0 bridgehead atoms. The highest BCUT2D eigenvalue weighted by Crippen LogP contribution is 2.23. The summed E-state index contributed by atoms with van der Waals surface area (Å²) >= 11 is 0. The summed E-state index contributed by atoms with van der Waals surface area (Å²) in [6.45, 7) is 1.49. The Kier molecular flexibility index (Phi) is 5.00. The van der Waals surface area contributed by atoms with Crippen molar-refractivity contribution >= 4 is 17.5 Å². The molecule has 1 amide bonds. The van der Waals surface area contributed by atoms with Gasteiger partial charge in [0, 0.05) is 37.2 Å². The first-order chi connectivity index (χ1) is 13.3. The standard InChI is InChI=1S/C20H20N6O/c27-20(23-18-7-1-2-11-22-18)16-6-4-12-26(14-16)19-9-8-17(24-25-19)15-5-3-10-21-13-15/h1-3,5,7-11,13,16H,4,6,12,14H2,(H,22,23,27). The van der Waals surface area contributed by atoms with E-state index in [9.17, 15) is 4.79 Å².